The smallest absolute Gasteiger partial charge is 0.234 e. The minimum atomic E-state index is 0.00317. The molecular weight excluding hydrogens is 602 g/mol. The second-order valence-corrected chi connectivity index (χ2v) is 11.3. The molecule has 9 rings (SSSR count). The molecule has 0 aliphatic rings. The number of fused-ring (bicyclic) bond motifs is 3. The minimum Gasteiger partial charge on any atom is -0.507 e. The van der Waals surface area contributed by atoms with Gasteiger partial charge in [0.2, 0.25) is 11.7 Å². The van der Waals surface area contributed by atoms with Crippen LogP contribution in [0.4, 0.5) is 17.1 Å². The number of pyridine rings is 1. The molecule has 4 aromatic carbocycles. The maximum atomic E-state index is 11.3. The van der Waals surface area contributed by atoms with Crippen LogP contribution in [0, 0.1) is 0 Å². The lowest BCUT2D eigenvalue weighted by atomic mass is 10.1. The second-order valence-electron chi connectivity index (χ2n) is 11.3. The van der Waals surface area contributed by atoms with Crippen molar-refractivity contribution in [1.82, 2.24) is 28.7 Å². The zero-order valence-electron chi connectivity index (χ0n) is 25.2. The number of phenols is 2. The number of rotatable bonds is 6. The third kappa shape index (κ3) is 4.67. The number of aromatic hydroxyl groups is 2. The van der Waals surface area contributed by atoms with Crippen molar-refractivity contribution >= 4 is 39.6 Å². The van der Waals surface area contributed by atoms with Gasteiger partial charge in [-0.2, -0.15) is 0 Å². The first kappa shape index (κ1) is 27.4. The molecule has 48 heavy (non-hydrogen) atoms. The molecule has 5 heterocycles. The topological polar surface area (TPSA) is 117 Å². The highest BCUT2D eigenvalue weighted by molar-refractivity contribution is 5.84. The molecular formula is C38H25N7O3. The van der Waals surface area contributed by atoms with Gasteiger partial charge >= 0.3 is 0 Å². The summed E-state index contributed by atoms with van der Waals surface area (Å²) in [7, 11) is 0. The molecule has 230 valence electrons. The van der Waals surface area contributed by atoms with Gasteiger partial charge in [0.25, 0.3) is 0 Å². The van der Waals surface area contributed by atoms with Crippen molar-refractivity contribution in [3.63, 3.8) is 0 Å². The number of nitrogens with zero attached hydrogens (tertiary/aromatic N) is 7. The van der Waals surface area contributed by atoms with Gasteiger partial charge in [-0.3, -0.25) is 4.40 Å². The van der Waals surface area contributed by atoms with Crippen LogP contribution in [0.2, 0.25) is 0 Å². The molecule has 9 aromatic rings. The molecule has 10 nitrogen and oxygen atoms in total. The summed E-state index contributed by atoms with van der Waals surface area (Å²) in [6, 6.07) is 33.9. The fourth-order valence-corrected chi connectivity index (χ4v) is 5.97. The lowest BCUT2D eigenvalue weighted by molar-refractivity contribution is 0.474. The summed E-state index contributed by atoms with van der Waals surface area (Å²) in [5.74, 6) is 1.02. The number of oxazole rings is 1. The van der Waals surface area contributed by atoms with Crippen LogP contribution in [-0.4, -0.2) is 39.0 Å². The van der Waals surface area contributed by atoms with Gasteiger partial charge in [-0.1, -0.05) is 30.3 Å². The highest BCUT2D eigenvalue weighted by Gasteiger charge is 2.20. The van der Waals surface area contributed by atoms with Crippen LogP contribution >= 0.6 is 0 Å². The summed E-state index contributed by atoms with van der Waals surface area (Å²) < 4.78 is 9.73. The largest absolute Gasteiger partial charge is 0.507 e. The third-order valence-electron chi connectivity index (χ3n) is 8.30. The monoisotopic (exact) mass is 627 g/mol. The maximum Gasteiger partial charge on any atom is 0.234 e. The Bertz CT molecular complexity index is 2400. The van der Waals surface area contributed by atoms with E-state index in [0.717, 1.165) is 22.6 Å². The van der Waals surface area contributed by atoms with Crippen molar-refractivity contribution in [3.05, 3.63) is 140 Å². The molecule has 0 fully saturated rings. The van der Waals surface area contributed by atoms with Crippen molar-refractivity contribution in [3.8, 4) is 45.5 Å². The summed E-state index contributed by atoms with van der Waals surface area (Å²) in [6.45, 7) is 0. The number of aromatic nitrogens is 6. The molecule has 10 heteroatoms. The van der Waals surface area contributed by atoms with E-state index in [1.165, 1.54) is 0 Å². The first-order valence-electron chi connectivity index (χ1n) is 15.2. The van der Waals surface area contributed by atoms with Crippen molar-refractivity contribution in [2.24, 2.45) is 0 Å². The molecule has 5 aromatic heterocycles. The molecule has 0 saturated carbocycles. The molecule has 0 atom stereocenters. The Morgan fingerprint density at radius 3 is 2.06 bits per heavy atom. The quantitative estimate of drug-likeness (QED) is 0.189. The number of imidazole rings is 2. The minimum absolute atomic E-state index is 0.00317. The summed E-state index contributed by atoms with van der Waals surface area (Å²) in [5, 5.41) is 22.6. The Balaban J connectivity index is 1.13. The molecule has 2 N–H and O–H groups in total. The molecule has 0 unspecified atom stereocenters. The highest BCUT2D eigenvalue weighted by Crippen LogP contribution is 2.42. The molecule has 0 spiro atoms. The Morgan fingerprint density at radius 1 is 0.604 bits per heavy atom. The van der Waals surface area contributed by atoms with Gasteiger partial charge in [-0.15, -0.1) is 0 Å². The Hall–Kier alpha value is -6.94. The van der Waals surface area contributed by atoms with E-state index >= 15 is 0 Å². The Labute approximate surface area is 273 Å². The zero-order chi connectivity index (χ0) is 32.2. The standard InChI is InChI=1S/C38H25N7O3/c46-33-20-26(13-15-28(33)32-23-43-18-4-3-8-36(43)40-32)45(25-11-9-24(10-12-25)31-22-44-19-5-17-39-38(44)42-31)27-14-16-29(34(47)21-27)37-41-30-6-1-2-7-35(30)48-37/h1-23,46-47H. The van der Waals surface area contributed by atoms with Crippen molar-refractivity contribution in [1.29, 1.82) is 0 Å². The predicted octanol–water partition coefficient (Wildman–Crippen LogP) is 8.40. The molecule has 0 amide bonds. The van der Waals surface area contributed by atoms with E-state index in [9.17, 15) is 10.2 Å². The number of para-hydroxylation sites is 2. The fourth-order valence-electron chi connectivity index (χ4n) is 5.97. The van der Waals surface area contributed by atoms with Crippen molar-refractivity contribution in [2.45, 2.75) is 0 Å². The van der Waals surface area contributed by atoms with Crippen LogP contribution in [-0.2, 0) is 0 Å². The van der Waals surface area contributed by atoms with E-state index in [-0.39, 0.29) is 11.5 Å². The van der Waals surface area contributed by atoms with E-state index < -0.39 is 0 Å². The van der Waals surface area contributed by atoms with E-state index in [0.29, 0.717) is 51.0 Å². The van der Waals surface area contributed by atoms with Gasteiger partial charge in [0.15, 0.2) is 5.58 Å². The van der Waals surface area contributed by atoms with Gasteiger partial charge < -0.3 is 23.9 Å². The summed E-state index contributed by atoms with van der Waals surface area (Å²) in [6.07, 6.45) is 9.37. The number of hydrogen-bond donors (Lipinski definition) is 2. The molecule has 0 aliphatic carbocycles. The summed E-state index contributed by atoms with van der Waals surface area (Å²) in [5.41, 5.74) is 7.72. The van der Waals surface area contributed by atoms with E-state index in [4.69, 9.17) is 4.42 Å². The molecule has 0 aliphatic heterocycles. The number of benzene rings is 4. The van der Waals surface area contributed by atoms with Crippen LogP contribution in [0.1, 0.15) is 0 Å². The summed E-state index contributed by atoms with van der Waals surface area (Å²) >= 11 is 0. The van der Waals surface area contributed by atoms with Crippen LogP contribution < -0.4 is 4.90 Å². The predicted molar refractivity (Wildman–Crippen MR) is 184 cm³/mol. The van der Waals surface area contributed by atoms with Crippen LogP contribution in [0.15, 0.2) is 145 Å². The van der Waals surface area contributed by atoms with E-state index in [1.54, 1.807) is 24.4 Å². The molecule has 0 radical (unpaired) electrons. The van der Waals surface area contributed by atoms with Gasteiger partial charge in [-0.05, 0) is 66.7 Å². The van der Waals surface area contributed by atoms with E-state index in [2.05, 4.69) is 19.9 Å². The van der Waals surface area contributed by atoms with Crippen LogP contribution in [0.3, 0.4) is 0 Å². The number of phenolic OH excluding ortho intramolecular Hbond substituents is 2. The lowest BCUT2D eigenvalue weighted by Crippen LogP contribution is -2.10. The molecule has 0 saturated heterocycles. The number of anilines is 3. The Kier molecular flexibility index (Phi) is 6.19. The van der Waals surface area contributed by atoms with Crippen molar-refractivity contribution < 1.29 is 14.6 Å². The van der Waals surface area contributed by atoms with Crippen LogP contribution in [0.25, 0.3) is 56.5 Å². The van der Waals surface area contributed by atoms with E-state index in [1.807, 2.05) is 129 Å². The third-order valence-corrected chi connectivity index (χ3v) is 8.30. The average molecular weight is 628 g/mol. The first-order valence-corrected chi connectivity index (χ1v) is 15.2. The lowest BCUT2D eigenvalue weighted by Gasteiger charge is -2.26. The van der Waals surface area contributed by atoms with Gasteiger partial charge in [-0.25, -0.2) is 19.9 Å². The normalized spacial score (nSPS) is 11.5. The van der Waals surface area contributed by atoms with Crippen molar-refractivity contribution in [2.75, 3.05) is 4.90 Å². The highest BCUT2D eigenvalue weighted by atomic mass is 16.3. The average Bonchev–Trinajstić information content (AvgIpc) is 3.85. The second kappa shape index (κ2) is 10.8. The summed E-state index contributed by atoms with van der Waals surface area (Å²) in [4.78, 5) is 20.2. The SMILES string of the molecule is Oc1cc(N(c2ccc(-c3cn4cccnc4n3)cc2)c2ccc(-c3nc4ccccc4o3)c(O)c2)ccc1-c1cn2ccccc2n1. The van der Waals surface area contributed by atoms with Gasteiger partial charge in [0.05, 0.1) is 17.0 Å². The number of hydrogen-bond acceptors (Lipinski definition) is 8. The van der Waals surface area contributed by atoms with Gasteiger partial charge in [0, 0.05) is 71.3 Å². The first-order chi connectivity index (χ1) is 23.6. The molecule has 0 bridgehead atoms. The maximum absolute atomic E-state index is 11.3. The fraction of sp³-hybridized carbons (Fsp3) is 0. The zero-order valence-corrected chi connectivity index (χ0v) is 25.2. The van der Waals surface area contributed by atoms with Crippen LogP contribution in [0.5, 0.6) is 11.5 Å². The Morgan fingerprint density at radius 2 is 1.31 bits per heavy atom. The van der Waals surface area contributed by atoms with Gasteiger partial charge in [0.1, 0.15) is 22.7 Å².